The fourth-order valence-corrected chi connectivity index (χ4v) is 1.98. The second kappa shape index (κ2) is 11.6. The highest BCUT2D eigenvalue weighted by molar-refractivity contribution is 5.73. The van der Waals surface area contributed by atoms with Crippen LogP contribution in [0.25, 0.3) is 0 Å². The van der Waals surface area contributed by atoms with Gasteiger partial charge in [0, 0.05) is 19.5 Å². The summed E-state index contributed by atoms with van der Waals surface area (Å²) in [6.45, 7) is 7.50. The molecule has 2 amide bonds. The third kappa shape index (κ3) is 10.6. The van der Waals surface area contributed by atoms with Crippen LogP contribution in [0, 0.1) is 11.8 Å². The maximum atomic E-state index is 11.6. The van der Waals surface area contributed by atoms with Gasteiger partial charge < -0.3 is 15.7 Å². The topological polar surface area (TPSA) is 78.4 Å². The Morgan fingerprint density at radius 3 is 2.30 bits per heavy atom. The molecule has 0 aliphatic rings. The minimum atomic E-state index is -0.789. The van der Waals surface area contributed by atoms with E-state index in [0.29, 0.717) is 25.4 Å². The second-order valence-electron chi connectivity index (χ2n) is 5.55. The van der Waals surface area contributed by atoms with Gasteiger partial charge in [-0.2, -0.15) is 0 Å². The molecule has 118 valence electrons. The first kappa shape index (κ1) is 18.7. The molecule has 3 N–H and O–H groups in total. The van der Waals surface area contributed by atoms with Crippen LogP contribution in [0.5, 0.6) is 0 Å². The van der Waals surface area contributed by atoms with Gasteiger partial charge in [0.2, 0.25) is 0 Å². The summed E-state index contributed by atoms with van der Waals surface area (Å²) in [7, 11) is 0. The molecule has 0 radical (unpaired) electrons. The molecule has 0 rings (SSSR count). The maximum Gasteiger partial charge on any atom is 0.314 e. The van der Waals surface area contributed by atoms with Crippen molar-refractivity contribution < 1.29 is 14.7 Å². The van der Waals surface area contributed by atoms with Crippen molar-refractivity contribution >= 4 is 12.0 Å². The Morgan fingerprint density at radius 1 is 1.10 bits per heavy atom. The number of hydrogen-bond acceptors (Lipinski definition) is 2. The summed E-state index contributed by atoms with van der Waals surface area (Å²) < 4.78 is 0. The first-order valence-electron chi connectivity index (χ1n) is 7.73. The normalized spacial score (nSPS) is 13.6. The van der Waals surface area contributed by atoms with E-state index in [0.717, 1.165) is 12.8 Å². The summed E-state index contributed by atoms with van der Waals surface area (Å²) in [4.78, 5) is 22.1. The highest BCUT2D eigenvalue weighted by Gasteiger charge is 2.10. The number of carboxylic acids is 1. The Kier molecular flexibility index (Phi) is 10.8. The van der Waals surface area contributed by atoms with Gasteiger partial charge in [-0.05, 0) is 24.7 Å². The molecule has 0 aliphatic carbocycles. The van der Waals surface area contributed by atoms with Gasteiger partial charge in [0.1, 0.15) is 0 Å². The molecule has 0 aromatic rings. The number of rotatable bonds is 11. The van der Waals surface area contributed by atoms with Gasteiger partial charge in [-0.1, -0.05) is 40.0 Å². The van der Waals surface area contributed by atoms with Crippen molar-refractivity contribution in [3.8, 4) is 0 Å². The molecule has 0 aliphatic heterocycles. The third-order valence-corrected chi connectivity index (χ3v) is 3.56. The Balaban J connectivity index is 3.73. The van der Waals surface area contributed by atoms with E-state index in [1.165, 1.54) is 12.8 Å². The Bertz CT molecular complexity index is 282. The lowest BCUT2D eigenvalue weighted by molar-refractivity contribution is -0.137. The summed E-state index contributed by atoms with van der Waals surface area (Å²) in [5.41, 5.74) is 0. The standard InChI is InChI=1S/C15H30N2O3/c1-4-6-7-13(5-2)11-17-15(20)16-10-12(3)8-9-14(18)19/h12-13H,4-11H2,1-3H3,(H,18,19)(H2,16,17,20). The molecule has 0 heterocycles. The molecule has 0 fully saturated rings. The SMILES string of the molecule is CCCCC(CC)CNC(=O)NCC(C)CCC(=O)O. The quantitative estimate of drug-likeness (QED) is 0.546. The van der Waals surface area contributed by atoms with Crippen LogP contribution in [0.4, 0.5) is 4.79 Å². The molecule has 0 aromatic carbocycles. The number of carbonyl (C=O) groups is 2. The van der Waals surface area contributed by atoms with Crippen LogP contribution in [0.15, 0.2) is 0 Å². The van der Waals surface area contributed by atoms with Gasteiger partial charge in [0.15, 0.2) is 0 Å². The molecular formula is C15H30N2O3. The van der Waals surface area contributed by atoms with Gasteiger partial charge in [-0.25, -0.2) is 4.79 Å². The Morgan fingerprint density at radius 2 is 1.75 bits per heavy atom. The average molecular weight is 286 g/mol. The van der Waals surface area contributed by atoms with Gasteiger partial charge in [-0.3, -0.25) is 4.79 Å². The van der Waals surface area contributed by atoms with E-state index in [4.69, 9.17) is 5.11 Å². The largest absolute Gasteiger partial charge is 0.481 e. The van der Waals surface area contributed by atoms with Crippen molar-refractivity contribution in [1.82, 2.24) is 10.6 Å². The fraction of sp³-hybridized carbons (Fsp3) is 0.867. The molecule has 5 heteroatoms. The van der Waals surface area contributed by atoms with Crippen LogP contribution in [-0.2, 0) is 4.79 Å². The molecule has 0 saturated heterocycles. The molecule has 0 aromatic heterocycles. The fourth-order valence-electron chi connectivity index (χ4n) is 1.98. The van der Waals surface area contributed by atoms with Crippen LogP contribution in [0.2, 0.25) is 0 Å². The number of nitrogens with one attached hydrogen (secondary N) is 2. The molecule has 0 saturated carbocycles. The molecule has 2 atom stereocenters. The number of unbranched alkanes of at least 4 members (excludes halogenated alkanes) is 1. The van der Waals surface area contributed by atoms with E-state index in [9.17, 15) is 9.59 Å². The number of aliphatic carboxylic acids is 1. The molecular weight excluding hydrogens is 256 g/mol. The number of urea groups is 1. The van der Waals surface area contributed by atoms with E-state index in [-0.39, 0.29) is 18.4 Å². The molecule has 2 unspecified atom stereocenters. The minimum Gasteiger partial charge on any atom is -0.481 e. The number of hydrogen-bond donors (Lipinski definition) is 3. The van der Waals surface area contributed by atoms with E-state index in [2.05, 4.69) is 24.5 Å². The van der Waals surface area contributed by atoms with Crippen LogP contribution in [0.3, 0.4) is 0 Å². The van der Waals surface area contributed by atoms with Crippen molar-refractivity contribution in [3.05, 3.63) is 0 Å². The number of carbonyl (C=O) groups excluding carboxylic acids is 1. The zero-order chi connectivity index (χ0) is 15.4. The first-order chi connectivity index (χ1) is 9.49. The lowest BCUT2D eigenvalue weighted by atomic mass is 9.99. The average Bonchev–Trinajstić information content (AvgIpc) is 2.43. The van der Waals surface area contributed by atoms with Crippen molar-refractivity contribution in [2.75, 3.05) is 13.1 Å². The van der Waals surface area contributed by atoms with Crippen molar-refractivity contribution in [3.63, 3.8) is 0 Å². The summed E-state index contributed by atoms with van der Waals surface area (Å²) in [5.74, 6) is -0.0629. The maximum absolute atomic E-state index is 11.6. The smallest absolute Gasteiger partial charge is 0.314 e. The highest BCUT2D eigenvalue weighted by Crippen LogP contribution is 2.11. The van der Waals surface area contributed by atoms with Gasteiger partial charge in [-0.15, -0.1) is 0 Å². The lowest BCUT2D eigenvalue weighted by Crippen LogP contribution is -2.40. The van der Waals surface area contributed by atoms with Crippen molar-refractivity contribution in [2.24, 2.45) is 11.8 Å². The van der Waals surface area contributed by atoms with Crippen LogP contribution >= 0.6 is 0 Å². The minimum absolute atomic E-state index is 0.151. The van der Waals surface area contributed by atoms with E-state index < -0.39 is 5.97 Å². The molecule has 0 spiro atoms. The van der Waals surface area contributed by atoms with Crippen LogP contribution in [0.1, 0.15) is 59.3 Å². The van der Waals surface area contributed by atoms with Crippen molar-refractivity contribution in [1.29, 1.82) is 0 Å². The van der Waals surface area contributed by atoms with E-state index in [1.807, 2.05) is 6.92 Å². The zero-order valence-corrected chi connectivity index (χ0v) is 13.1. The number of carboxylic acid groups (broad SMARTS) is 1. The molecule has 0 bridgehead atoms. The zero-order valence-electron chi connectivity index (χ0n) is 13.1. The predicted octanol–water partition coefficient (Wildman–Crippen LogP) is 3.00. The lowest BCUT2D eigenvalue weighted by Gasteiger charge is -2.17. The second-order valence-corrected chi connectivity index (χ2v) is 5.55. The Labute approximate surface area is 122 Å². The molecule has 20 heavy (non-hydrogen) atoms. The summed E-state index contributed by atoms with van der Waals surface area (Å²) in [6.07, 6.45) is 5.36. The van der Waals surface area contributed by atoms with Gasteiger partial charge in [0.25, 0.3) is 0 Å². The molecule has 5 nitrogen and oxygen atoms in total. The summed E-state index contributed by atoms with van der Waals surface area (Å²) in [6, 6.07) is -0.151. The first-order valence-corrected chi connectivity index (χ1v) is 7.73. The third-order valence-electron chi connectivity index (χ3n) is 3.56. The van der Waals surface area contributed by atoms with Gasteiger partial charge in [0.05, 0.1) is 0 Å². The monoisotopic (exact) mass is 286 g/mol. The van der Waals surface area contributed by atoms with Crippen LogP contribution in [-0.4, -0.2) is 30.2 Å². The summed E-state index contributed by atoms with van der Waals surface area (Å²) in [5, 5.41) is 14.3. The van der Waals surface area contributed by atoms with Crippen molar-refractivity contribution in [2.45, 2.75) is 59.3 Å². The number of amides is 2. The van der Waals surface area contributed by atoms with E-state index >= 15 is 0 Å². The van der Waals surface area contributed by atoms with E-state index in [1.54, 1.807) is 0 Å². The highest BCUT2D eigenvalue weighted by atomic mass is 16.4. The van der Waals surface area contributed by atoms with Crippen LogP contribution < -0.4 is 10.6 Å². The summed E-state index contributed by atoms with van der Waals surface area (Å²) >= 11 is 0. The predicted molar refractivity (Wildman–Crippen MR) is 80.7 cm³/mol. The Hall–Kier alpha value is -1.26. The van der Waals surface area contributed by atoms with Gasteiger partial charge >= 0.3 is 12.0 Å².